The van der Waals surface area contributed by atoms with E-state index < -0.39 is 10.2 Å². The van der Waals surface area contributed by atoms with E-state index in [1.165, 1.54) is 15.0 Å². The first kappa shape index (κ1) is 25.3. The Hall–Kier alpha value is -2.75. The van der Waals surface area contributed by atoms with Crippen LogP contribution in [0, 0.1) is 6.92 Å². The lowest BCUT2D eigenvalue weighted by molar-refractivity contribution is 0.0692. The highest BCUT2D eigenvalue weighted by Gasteiger charge is 2.35. The number of nitrogens with zero attached hydrogens (tertiary/aromatic N) is 3. The molecule has 9 heteroatoms. The molecule has 2 aliphatic rings. The normalized spacial score (nSPS) is 18.0. The second kappa shape index (κ2) is 10.9. The van der Waals surface area contributed by atoms with Crippen LogP contribution in [0.4, 0.5) is 5.69 Å². The average Bonchev–Trinajstić information content (AvgIpc) is 2.90. The molecule has 0 aromatic heterocycles. The molecule has 2 fully saturated rings. The van der Waals surface area contributed by atoms with E-state index in [9.17, 15) is 18.0 Å². The standard InChI is InChI=1S/C26H34N4O4S/c1-20-13-14-22(19-24(20)27-25(31)21-9-5-3-6-10-21)26(32)29-15-17-30(18-16-29)35(33,34)28(2)23-11-7-4-8-12-23/h3,5-6,9-10,13-14,19,23H,4,7-8,11-12,15-18H2,1-2H3,(H,27,31). The van der Waals surface area contributed by atoms with Crippen LogP contribution in [0.2, 0.25) is 0 Å². The summed E-state index contributed by atoms with van der Waals surface area (Å²) >= 11 is 0. The Kier molecular flexibility index (Phi) is 7.88. The number of carbonyl (C=O) groups excluding carboxylic acids is 2. The van der Waals surface area contributed by atoms with Gasteiger partial charge in [-0.15, -0.1) is 0 Å². The number of nitrogens with one attached hydrogen (secondary N) is 1. The van der Waals surface area contributed by atoms with Crippen molar-refractivity contribution in [3.63, 3.8) is 0 Å². The Morgan fingerprint density at radius 3 is 2.23 bits per heavy atom. The first-order valence-corrected chi connectivity index (χ1v) is 13.7. The second-order valence-corrected chi connectivity index (χ2v) is 11.3. The summed E-state index contributed by atoms with van der Waals surface area (Å²) in [7, 11) is -1.87. The van der Waals surface area contributed by atoms with Crippen LogP contribution >= 0.6 is 0 Å². The molecule has 4 rings (SSSR count). The number of anilines is 1. The largest absolute Gasteiger partial charge is 0.336 e. The van der Waals surface area contributed by atoms with E-state index in [0.717, 1.165) is 31.2 Å². The third kappa shape index (κ3) is 5.74. The molecular formula is C26H34N4O4S. The third-order valence-corrected chi connectivity index (χ3v) is 9.12. The van der Waals surface area contributed by atoms with Crippen molar-refractivity contribution in [1.29, 1.82) is 0 Å². The molecule has 2 aromatic carbocycles. The minimum absolute atomic E-state index is 0.0606. The maximum Gasteiger partial charge on any atom is 0.282 e. The molecule has 1 N–H and O–H groups in total. The van der Waals surface area contributed by atoms with Crippen LogP contribution in [-0.2, 0) is 10.2 Å². The maximum atomic E-state index is 13.2. The molecule has 1 aliphatic heterocycles. The highest BCUT2D eigenvalue weighted by molar-refractivity contribution is 7.86. The Morgan fingerprint density at radius 2 is 1.57 bits per heavy atom. The van der Waals surface area contributed by atoms with Crippen molar-refractivity contribution in [2.24, 2.45) is 0 Å². The van der Waals surface area contributed by atoms with Gasteiger partial charge < -0.3 is 10.2 Å². The fraction of sp³-hybridized carbons (Fsp3) is 0.462. The molecule has 0 atom stereocenters. The minimum atomic E-state index is -3.55. The number of benzene rings is 2. The van der Waals surface area contributed by atoms with Crippen molar-refractivity contribution < 1.29 is 18.0 Å². The summed E-state index contributed by atoms with van der Waals surface area (Å²) in [5, 5.41) is 2.89. The van der Waals surface area contributed by atoms with Gasteiger partial charge in [-0.05, 0) is 49.6 Å². The van der Waals surface area contributed by atoms with Crippen LogP contribution < -0.4 is 5.32 Å². The maximum absolute atomic E-state index is 13.2. The molecule has 35 heavy (non-hydrogen) atoms. The second-order valence-electron chi connectivity index (χ2n) is 9.36. The van der Waals surface area contributed by atoms with Gasteiger partial charge in [-0.3, -0.25) is 9.59 Å². The van der Waals surface area contributed by atoms with Crippen molar-refractivity contribution in [3.8, 4) is 0 Å². The number of hydrogen-bond donors (Lipinski definition) is 1. The van der Waals surface area contributed by atoms with Gasteiger partial charge in [-0.1, -0.05) is 43.5 Å². The monoisotopic (exact) mass is 498 g/mol. The zero-order chi connectivity index (χ0) is 25.0. The van der Waals surface area contributed by atoms with Gasteiger partial charge >= 0.3 is 0 Å². The highest BCUT2D eigenvalue weighted by Crippen LogP contribution is 2.26. The molecule has 1 saturated heterocycles. The topological polar surface area (TPSA) is 90.0 Å². The Morgan fingerprint density at radius 1 is 0.914 bits per heavy atom. The van der Waals surface area contributed by atoms with Crippen molar-refractivity contribution >= 4 is 27.7 Å². The van der Waals surface area contributed by atoms with E-state index in [0.29, 0.717) is 29.9 Å². The van der Waals surface area contributed by atoms with Gasteiger partial charge in [-0.2, -0.15) is 17.0 Å². The van der Waals surface area contributed by atoms with Gasteiger partial charge in [0.2, 0.25) is 0 Å². The molecule has 1 saturated carbocycles. The number of rotatable bonds is 6. The van der Waals surface area contributed by atoms with Gasteiger partial charge in [0, 0.05) is 56.1 Å². The van der Waals surface area contributed by atoms with Crippen molar-refractivity contribution in [2.45, 2.75) is 45.1 Å². The van der Waals surface area contributed by atoms with Crippen LogP contribution in [0.1, 0.15) is 58.4 Å². The molecule has 0 radical (unpaired) electrons. The number of amides is 2. The van der Waals surface area contributed by atoms with Gasteiger partial charge in [0.1, 0.15) is 0 Å². The van der Waals surface area contributed by atoms with Crippen LogP contribution in [0.25, 0.3) is 0 Å². The van der Waals surface area contributed by atoms with Crippen molar-refractivity contribution in [1.82, 2.24) is 13.5 Å². The summed E-state index contributed by atoms with van der Waals surface area (Å²) in [6.07, 6.45) is 5.12. The van der Waals surface area contributed by atoms with Gasteiger partial charge in [0.05, 0.1) is 0 Å². The van der Waals surface area contributed by atoms with Crippen LogP contribution in [0.15, 0.2) is 48.5 Å². The summed E-state index contributed by atoms with van der Waals surface area (Å²) in [4.78, 5) is 27.4. The fourth-order valence-electron chi connectivity index (χ4n) is 4.79. The van der Waals surface area contributed by atoms with E-state index in [-0.39, 0.29) is 30.9 Å². The molecule has 0 unspecified atom stereocenters. The Bertz CT molecular complexity index is 1160. The van der Waals surface area contributed by atoms with Crippen LogP contribution in [-0.4, -0.2) is 73.0 Å². The first-order chi connectivity index (χ1) is 16.8. The Labute approximate surface area is 208 Å². The molecule has 0 spiro atoms. The molecule has 2 aromatic rings. The van der Waals surface area contributed by atoms with Crippen molar-refractivity contribution in [3.05, 3.63) is 65.2 Å². The van der Waals surface area contributed by atoms with Crippen molar-refractivity contribution in [2.75, 3.05) is 38.5 Å². The van der Waals surface area contributed by atoms with Gasteiger partial charge in [-0.25, -0.2) is 0 Å². The lowest BCUT2D eigenvalue weighted by Crippen LogP contribution is -2.55. The minimum Gasteiger partial charge on any atom is -0.336 e. The van der Waals surface area contributed by atoms with Gasteiger partial charge in [0.15, 0.2) is 0 Å². The lowest BCUT2D eigenvalue weighted by Gasteiger charge is -2.38. The van der Waals surface area contributed by atoms with E-state index in [4.69, 9.17) is 0 Å². The summed E-state index contributed by atoms with van der Waals surface area (Å²) in [6.45, 7) is 3.08. The predicted molar refractivity (Wildman–Crippen MR) is 137 cm³/mol. The number of aryl methyl sites for hydroxylation is 1. The molecule has 0 bridgehead atoms. The van der Waals surface area contributed by atoms with E-state index in [1.807, 2.05) is 19.1 Å². The molecule has 2 amide bonds. The summed E-state index contributed by atoms with van der Waals surface area (Å²) in [5.74, 6) is -0.405. The zero-order valence-electron chi connectivity index (χ0n) is 20.4. The predicted octanol–water partition coefficient (Wildman–Crippen LogP) is 3.51. The SMILES string of the molecule is Cc1ccc(C(=O)N2CCN(S(=O)(=O)N(C)C3CCCCC3)CC2)cc1NC(=O)c1ccccc1. The zero-order valence-corrected chi connectivity index (χ0v) is 21.3. The van der Waals surface area contributed by atoms with Crippen LogP contribution in [0.5, 0.6) is 0 Å². The summed E-state index contributed by atoms with van der Waals surface area (Å²) in [6, 6.07) is 14.2. The summed E-state index contributed by atoms with van der Waals surface area (Å²) < 4.78 is 29.3. The average molecular weight is 499 g/mol. The van der Waals surface area contributed by atoms with Gasteiger partial charge in [0.25, 0.3) is 22.0 Å². The van der Waals surface area contributed by atoms with E-state index in [2.05, 4.69) is 5.32 Å². The summed E-state index contributed by atoms with van der Waals surface area (Å²) in [5.41, 5.74) is 2.45. The van der Waals surface area contributed by atoms with E-state index >= 15 is 0 Å². The molecule has 188 valence electrons. The molecule has 1 heterocycles. The number of carbonyl (C=O) groups is 2. The van der Waals surface area contributed by atoms with Crippen LogP contribution in [0.3, 0.4) is 0 Å². The molecule has 8 nitrogen and oxygen atoms in total. The molecular weight excluding hydrogens is 464 g/mol. The fourth-order valence-corrected chi connectivity index (χ4v) is 6.37. The molecule has 1 aliphatic carbocycles. The third-order valence-electron chi connectivity index (χ3n) is 7.07. The Balaban J connectivity index is 1.39. The highest BCUT2D eigenvalue weighted by atomic mass is 32.2. The smallest absolute Gasteiger partial charge is 0.282 e. The quantitative estimate of drug-likeness (QED) is 0.660. The lowest BCUT2D eigenvalue weighted by atomic mass is 9.96. The number of piperazine rings is 1. The first-order valence-electron chi connectivity index (χ1n) is 12.3. The van der Waals surface area contributed by atoms with E-state index in [1.54, 1.807) is 48.3 Å². The number of hydrogen-bond acceptors (Lipinski definition) is 4.